The number of benzene rings is 1. The molecule has 0 aliphatic carbocycles. The highest BCUT2D eigenvalue weighted by Gasteiger charge is 2.16. The lowest BCUT2D eigenvalue weighted by Crippen LogP contribution is -3.00. The van der Waals surface area contributed by atoms with Crippen LogP contribution in [0.1, 0.15) is 6.99 Å². The number of nitrogens with one attached hydrogen (secondary N) is 1. The first kappa shape index (κ1) is 15.7. The summed E-state index contributed by atoms with van der Waals surface area (Å²) in [6, 6.07) is 7.83. The Balaban J connectivity index is 0. The highest BCUT2D eigenvalue weighted by Crippen LogP contribution is 2.09. The third kappa shape index (κ3) is 4.67. The van der Waals surface area contributed by atoms with Crippen molar-refractivity contribution < 1.29 is 23.4 Å². The van der Waals surface area contributed by atoms with E-state index in [4.69, 9.17) is 4.74 Å². The van der Waals surface area contributed by atoms with Crippen LogP contribution in [0, 0.1) is 3.57 Å². The second-order valence-electron chi connectivity index (χ2n) is 3.20. The minimum atomic E-state index is -0.268. The lowest BCUT2D eigenvalue weighted by molar-refractivity contribution is -0.142. The minimum Gasteiger partial charge on any atom is -1.00 e. The van der Waals surface area contributed by atoms with Crippen LogP contribution in [0.3, 0.4) is 0 Å². The van der Waals surface area contributed by atoms with Gasteiger partial charge in [-0.05, 0) is 53.8 Å². The van der Waals surface area contributed by atoms with Crippen molar-refractivity contribution in [2.75, 3.05) is 14.2 Å². The highest BCUT2D eigenvalue weighted by molar-refractivity contribution is 14.1. The number of ether oxygens (including phenoxy) is 1. The maximum atomic E-state index is 11.3. The Labute approximate surface area is 117 Å². The standard InChI is InChI=1S/C11H14INO2.ClH/c1-13-10(11(14)15-2)7-8-3-5-9(12)6-4-8;/h3-6,10,13H,7H2,1-2H3;1H. The van der Waals surface area contributed by atoms with Gasteiger partial charge in [0.25, 0.3) is 0 Å². The van der Waals surface area contributed by atoms with Crippen molar-refractivity contribution in [1.29, 1.82) is 0 Å². The molecule has 0 radical (unpaired) electrons. The number of carbonyl (C=O) groups excluding carboxylic acids is 1. The molecule has 0 bridgehead atoms. The topological polar surface area (TPSA) is 38.3 Å². The van der Waals surface area contributed by atoms with E-state index in [1.54, 1.807) is 7.05 Å². The summed E-state index contributed by atoms with van der Waals surface area (Å²) in [5.41, 5.74) is 1.13. The molecule has 1 rings (SSSR count). The Kier molecular flexibility index (Phi) is 7.70. The van der Waals surface area contributed by atoms with E-state index in [-0.39, 0.29) is 25.8 Å². The molecule has 1 atom stereocenters. The van der Waals surface area contributed by atoms with Gasteiger partial charge in [0, 0.05) is 3.57 Å². The van der Waals surface area contributed by atoms with E-state index in [9.17, 15) is 4.79 Å². The van der Waals surface area contributed by atoms with Crippen LogP contribution in [-0.4, -0.2) is 26.2 Å². The van der Waals surface area contributed by atoms with Crippen molar-refractivity contribution in [2.24, 2.45) is 0 Å². The molecule has 16 heavy (non-hydrogen) atoms. The average Bonchev–Trinajstić information content (AvgIpc) is 2.27. The fourth-order valence-electron chi connectivity index (χ4n) is 1.30. The van der Waals surface area contributed by atoms with E-state index < -0.39 is 0 Å². The second kappa shape index (κ2) is 7.86. The number of halogens is 2. The molecule has 0 aromatic heterocycles. The van der Waals surface area contributed by atoms with Gasteiger partial charge in [0.05, 0.1) is 7.11 Å². The molecule has 0 fully saturated rings. The van der Waals surface area contributed by atoms with Crippen LogP contribution in [0.4, 0.5) is 0 Å². The summed E-state index contributed by atoms with van der Waals surface area (Å²) in [6.45, 7) is 0. The first-order chi connectivity index (χ1) is 7.17. The zero-order valence-electron chi connectivity index (χ0n) is 10.2. The zero-order valence-corrected chi connectivity index (χ0v) is 12.1. The third-order valence-corrected chi connectivity index (χ3v) is 2.91. The number of carbonyl (C=O) groups is 1. The first-order valence-electron chi connectivity index (χ1n) is 4.67. The molecule has 90 valence electrons. The second-order valence-corrected chi connectivity index (χ2v) is 4.44. The minimum absolute atomic E-state index is 0. The Morgan fingerprint density at radius 3 is 2.50 bits per heavy atom. The molecule has 1 aromatic rings. The van der Waals surface area contributed by atoms with Gasteiger partial charge in [0.15, 0.2) is 0 Å². The predicted molar refractivity (Wildman–Crippen MR) is 68.8 cm³/mol. The van der Waals surface area contributed by atoms with E-state index >= 15 is 0 Å². The smallest absolute Gasteiger partial charge is 1.00 e. The molecule has 0 amide bonds. The van der Waals surface area contributed by atoms with Gasteiger partial charge >= 0.3 is 7.40 Å². The van der Waals surface area contributed by atoms with E-state index in [0.717, 1.165) is 5.56 Å². The van der Waals surface area contributed by atoms with Crippen LogP contribution >= 0.6 is 22.6 Å². The summed E-state index contributed by atoms with van der Waals surface area (Å²) in [5.74, 6) is -0.226. The molecule has 1 unspecified atom stereocenters. The Hall–Kier alpha value is -0.330. The molecule has 0 aliphatic heterocycles. The molecule has 5 heteroatoms. The van der Waals surface area contributed by atoms with Gasteiger partial charge in [-0.25, -0.2) is 0 Å². The molecular weight excluding hydrogens is 340 g/mol. The largest absolute Gasteiger partial charge is 1.00 e. The molecule has 0 spiro atoms. The van der Waals surface area contributed by atoms with Crippen LogP contribution in [0.15, 0.2) is 24.3 Å². The summed E-state index contributed by atoms with van der Waals surface area (Å²) in [5, 5.41) is 2.94. The molecule has 0 saturated heterocycles. The van der Waals surface area contributed by atoms with Crippen molar-refractivity contribution in [3.63, 3.8) is 0 Å². The summed E-state index contributed by atoms with van der Waals surface area (Å²) in [7, 11) is 3.16. The number of hydrogen-bond donors (Lipinski definition) is 1. The predicted octanol–water partition coefficient (Wildman–Crippen LogP) is -1.29. The Morgan fingerprint density at radius 2 is 2.06 bits per heavy atom. The van der Waals surface area contributed by atoms with Crippen LogP contribution in [0.5, 0.6) is 0 Å². The van der Waals surface area contributed by atoms with Crippen molar-refractivity contribution >= 4 is 28.6 Å². The SMILES string of the molecule is CNC(Cc1ccc(I)cc1)C(=O)OC.[Cl-].[H+]. The third-order valence-electron chi connectivity index (χ3n) is 2.19. The maximum Gasteiger partial charge on any atom is 1.00 e. The zero-order chi connectivity index (χ0) is 11.3. The molecule has 1 N–H and O–H groups in total. The number of esters is 1. The molecule has 1 aromatic carbocycles. The van der Waals surface area contributed by atoms with Crippen molar-refractivity contribution in [2.45, 2.75) is 12.5 Å². The van der Waals surface area contributed by atoms with Crippen molar-refractivity contribution in [1.82, 2.24) is 5.32 Å². The molecular formula is C11H15ClINO2. The monoisotopic (exact) mass is 355 g/mol. The average molecular weight is 356 g/mol. The van der Waals surface area contributed by atoms with Crippen LogP contribution in [0.25, 0.3) is 0 Å². The first-order valence-corrected chi connectivity index (χ1v) is 5.74. The normalized spacial score (nSPS) is 11.4. The fourth-order valence-corrected chi connectivity index (χ4v) is 1.66. The van der Waals surface area contributed by atoms with Gasteiger partial charge in [-0.1, -0.05) is 12.1 Å². The van der Waals surface area contributed by atoms with E-state index in [0.29, 0.717) is 6.42 Å². The number of likely N-dealkylation sites (N-methyl/N-ethyl adjacent to an activating group) is 1. The number of rotatable bonds is 4. The lowest BCUT2D eigenvalue weighted by Gasteiger charge is -2.13. The molecule has 0 saturated carbocycles. The van der Waals surface area contributed by atoms with Gasteiger partial charge in [-0.15, -0.1) is 0 Å². The summed E-state index contributed by atoms with van der Waals surface area (Å²) in [6.07, 6.45) is 0.653. The number of methoxy groups -OCH3 is 1. The molecule has 0 heterocycles. The summed E-state index contributed by atoms with van der Waals surface area (Å²) < 4.78 is 5.89. The lowest BCUT2D eigenvalue weighted by atomic mass is 10.1. The van der Waals surface area contributed by atoms with Gasteiger partial charge in [-0.3, -0.25) is 4.79 Å². The van der Waals surface area contributed by atoms with Gasteiger partial charge in [-0.2, -0.15) is 0 Å². The van der Waals surface area contributed by atoms with Gasteiger partial charge in [0.2, 0.25) is 0 Å². The maximum absolute atomic E-state index is 11.3. The Morgan fingerprint density at radius 1 is 1.50 bits per heavy atom. The fraction of sp³-hybridized carbons (Fsp3) is 0.364. The number of hydrogen-bond acceptors (Lipinski definition) is 3. The van der Waals surface area contributed by atoms with E-state index in [1.807, 2.05) is 24.3 Å². The van der Waals surface area contributed by atoms with Crippen LogP contribution in [0.2, 0.25) is 0 Å². The van der Waals surface area contributed by atoms with Crippen LogP contribution < -0.4 is 17.7 Å². The highest BCUT2D eigenvalue weighted by atomic mass is 127. The molecule has 3 nitrogen and oxygen atoms in total. The Bertz CT molecular complexity index is 335. The van der Waals surface area contributed by atoms with Gasteiger partial charge < -0.3 is 22.5 Å². The summed E-state index contributed by atoms with van der Waals surface area (Å²) in [4.78, 5) is 11.3. The van der Waals surface area contributed by atoms with E-state index in [1.165, 1.54) is 10.7 Å². The van der Waals surface area contributed by atoms with E-state index in [2.05, 4.69) is 27.9 Å². The van der Waals surface area contributed by atoms with Crippen molar-refractivity contribution in [3.05, 3.63) is 33.4 Å². The molecule has 0 aliphatic rings. The van der Waals surface area contributed by atoms with Crippen LogP contribution in [-0.2, 0) is 16.0 Å². The quantitative estimate of drug-likeness (QED) is 0.540. The summed E-state index contributed by atoms with van der Waals surface area (Å²) >= 11 is 2.25. The van der Waals surface area contributed by atoms with Crippen molar-refractivity contribution in [3.8, 4) is 0 Å². The van der Waals surface area contributed by atoms with Gasteiger partial charge in [0.1, 0.15) is 6.04 Å².